The standard InChI is InChI=1S/C13H15N3O3/c1-2-3-4-5-8-14-13(19)16-10-6-7-11(12(17)18)15-9-10/h1,6-7,9H,3-5,8H2,(H,17,18)(H2,14,16,19). The first-order valence-corrected chi connectivity index (χ1v) is 5.81. The number of terminal acetylenes is 1. The third kappa shape index (κ3) is 5.55. The Hall–Kier alpha value is -2.55. The van der Waals surface area contributed by atoms with Crippen molar-refractivity contribution in [3.63, 3.8) is 0 Å². The molecule has 1 rings (SSSR count). The summed E-state index contributed by atoms with van der Waals surface area (Å²) in [6.07, 6.45) is 8.78. The van der Waals surface area contributed by atoms with Crippen LogP contribution in [0.15, 0.2) is 18.3 Å². The van der Waals surface area contributed by atoms with Gasteiger partial charge in [0.25, 0.3) is 0 Å². The number of pyridine rings is 1. The molecule has 0 aliphatic rings. The number of carbonyl (C=O) groups excluding carboxylic acids is 1. The third-order valence-corrected chi connectivity index (χ3v) is 2.27. The minimum atomic E-state index is -1.11. The number of nitrogens with zero attached hydrogens (tertiary/aromatic N) is 1. The van der Waals surface area contributed by atoms with E-state index in [2.05, 4.69) is 21.5 Å². The molecule has 0 fully saturated rings. The van der Waals surface area contributed by atoms with Crippen LogP contribution in [0, 0.1) is 12.3 Å². The molecule has 6 nitrogen and oxygen atoms in total. The van der Waals surface area contributed by atoms with Crippen molar-refractivity contribution in [2.45, 2.75) is 19.3 Å². The Bertz CT molecular complexity index is 477. The van der Waals surface area contributed by atoms with Gasteiger partial charge < -0.3 is 15.7 Å². The number of hydrogen-bond donors (Lipinski definition) is 3. The van der Waals surface area contributed by atoms with Crippen LogP contribution in [0.4, 0.5) is 10.5 Å². The SMILES string of the molecule is C#CCCCCNC(=O)Nc1ccc(C(=O)O)nc1. The molecule has 2 amide bonds. The Morgan fingerprint density at radius 2 is 2.16 bits per heavy atom. The van der Waals surface area contributed by atoms with Gasteiger partial charge in [-0.25, -0.2) is 14.6 Å². The summed E-state index contributed by atoms with van der Waals surface area (Å²) in [7, 11) is 0. The monoisotopic (exact) mass is 261 g/mol. The van der Waals surface area contributed by atoms with Crippen molar-refractivity contribution in [3.8, 4) is 12.3 Å². The highest BCUT2D eigenvalue weighted by atomic mass is 16.4. The minimum absolute atomic E-state index is 0.0692. The van der Waals surface area contributed by atoms with Crippen molar-refractivity contribution in [3.05, 3.63) is 24.0 Å². The zero-order chi connectivity index (χ0) is 14.1. The average Bonchev–Trinajstić information content (AvgIpc) is 2.39. The van der Waals surface area contributed by atoms with Crippen LogP contribution in [-0.4, -0.2) is 28.6 Å². The third-order valence-electron chi connectivity index (χ3n) is 2.27. The Morgan fingerprint density at radius 3 is 2.74 bits per heavy atom. The van der Waals surface area contributed by atoms with Crippen LogP contribution in [-0.2, 0) is 0 Å². The number of aromatic carboxylic acids is 1. The summed E-state index contributed by atoms with van der Waals surface area (Å²) in [5, 5.41) is 13.9. The molecule has 0 aromatic carbocycles. The Morgan fingerprint density at radius 1 is 1.37 bits per heavy atom. The van der Waals surface area contributed by atoms with Crippen molar-refractivity contribution >= 4 is 17.7 Å². The average molecular weight is 261 g/mol. The lowest BCUT2D eigenvalue weighted by Gasteiger charge is -2.06. The molecule has 0 spiro atoms. The second kappa shape index (κ2) is 7.71. The zero-order valence-corrected chi connectivity index (χ0v) is 10.3. The number of unbranched alkanes of at least 4 members (excludes halogenated alkanes) is 2. The molecule has 1 aromatic heterocycles. The normalized spacial score (nSPS) is 9.42. The fourth-order valence-corrected chi connectivity index (χ4v) is 1.32. The van der Waals surface area contributed by atoms with Gasteiger partial charge in [0.05, 0.1) is 11.9 Å². The van der Waals surface area contributed by atoms with Gasteiger partial charge in [-0.15, -0.1) is 12.3 Å². The van der Waals surface area contributed by atoms with Gasteiger partial charge in [-0.05, 0) is 25.0 Å². The first-order chi connectivity index (χ1) is 9.13. The van der Waals surface area contributed by atoms with Crippen LogP contribution < -0.4 is 10.6 Å². The number of carboxylic acids is 1. The van der Waals surface area contributed by atoms with Gasteiger partial charge in [-0.3, -0.25) is 0 Å². The maximum Gasteiger partial charge on any atom is 0.354 e. The summed E-state index contributed by atoms with van der Waals surface area (Å²) in [6, 6.07) is 2.45. The molecule has 3 N–H and O–H groups in total. The van der Waals surface area contributed by atoms with Crippen molar-refractivity contribution in [2.24, 2.45) is 0 Å². The highest BCUT2D eigenvalue weighted by Gasteiger charge is 2.05. The summed E-state index contributed by atoms with van der Waals surface area (Å²) in [4.78, 5) is 25.7. The number of carboxylic acid groups (broad SMARTS) is 1. The largest absolute Gasteiger partial charge is 0.477 e. The van der Waals surface area contributed by atoms with E-state index in [1.807, 2.05) is 0 Å². The van der Waals surface area contributed by atoms with E-state index in [9.17, 15) is 9.59 Å². The molecule has 0 radical (unpaired) electrons. The van der Waals surface area contributed by atoms with Gasteiger partial charge >= 0.3 is 12.0 Å². The van der Waals surface area contributed by atoms with Crippen LogP contribution in [0.25, 0.3) is 0 Å². The quantitative estimate of drug-likeness (QED) is 0.537. The van der Waals surface area contributed by atoms with E-state index in [1.54, 1.807) is 0 Å². The minimum Gasteiger partial charge on any atom is -0.477 e. The molecule has 1 aromatic rings. The van der Waals surface area contributed by atoms with Crippen molar-refractivity contribution in [1.82, 2.24) is 10.3 Å². The van der Waals surface area contributed by atoms with Crippen LogP contribution in [0.5, 0.6) is 0 Å². The fraction of sp³-hybridized carbons (Fsp3) is 0.308. The Balaban J connectivity index is 2.32. The lowest BCUT2D eigenvalue weighted by molar-refractivity contribution is 0.0690. The van der Waals surface area contributed by atoms with Crippen LogP contribution in [0.2, 0.25) is 0 Å². The molecular formula is C13H15N3O3. The number of hydrogen-bond acceptors (Lipinski definition) is 3. The first kappa shape index (κ1) is 14.5. The number of anilines is 1. The summed E-state index contributed by atoms with van der Waals surface area (Å²) in [5.41, 5.74) is 0.367. The molecular weight excluding hydrogens is 246 g/mol. The maximum atomic E-state index is 11.5. The summed E-state index contributed by atoms with van der Waals surface area (Å²) >= 11 is 0. The lowest BCUT2D eigenvalue weighted by Crippen LogP contribution is -2.29. The zero-order valence-electron chi connectivity index (χ0n) is 10.3. The van der Waals surface area contributed by atoms with Crippen LogP contribution >= 0.6 is 0 Å². The molecule has 0 aliphatic carbocycles. The van der Waals surface area contributed by atoms with Gasteiger partial charge in [-0.1, -0.05) is 0 Å². The molecule has 0 unspecified atom stereocenters. The lowest BCUT2D eigenvalue weighted by atomic mass is 10.2. The summed E-state index contributed by atoms with van der Waals surface area (Å²) in [6.45, 7) is 0.536. The smallest absolute Gasteiger partial charge is 0.354 e. The summed E-state index contributed by atoms with van der Waals surface area (Å²) in [5.74, 6) is 1.42. The number of urea groups is 1. The molecule has 0 saturated heterocycles. The highest BCUT2D eigenvalue weighted by molar-refractivity contribution is 5.90. The fourth-order valence-electron chi connectivity index (χ4n) is 1.32. The maximum absolute atomic E-state index is 11.5. The van der Waals surface area contributed by atoms with E-state index in [0.717, 1.165) is 12.8 Å². The number of aromatic nitrogens is 1. The van der Waals surface area contributed by atoms with Gasteiger partial charge in [-0.2, -0.15) is 0 Å². The van der Waals surface area contributed by atoms with E-state index in [0.29, 0.717) is 18.7 Å². The van der Waals surface area contributed by atoms with Gasteiger partial charge in [0, 0.05) is 13.0 Å². The molecule has 0 saturated carbocycles. The number of amides is 2. The van der Waals surface area contributed by atoms with E-state index in [-0.39, 0.29) is 11.7 Å². The summed E-state index contributed by atoms with van der Waals surface area (Å²) < 4.78 is 0. The molecule has 19 heavy (non-hydrogen) atoms. The van der Waals surface area contributed by atoms with Crippen LogP contribution in [0.3, 0.4) is 0 Å². The number of carbonyl (C=O) groups is 2. The predicted molar refractivity (Wildman–Crippen MR) is 70.9 cm³/mol. The second-order valence-electron chi connectivity index (χ2n) is 3.78. The van der Waals surface area contributed by atoms with E-state index >= 15 is 0 Å². The Labute approximate surface area is 111 Å². The van der Waals surface area contributed by atoms with Crippen molar-refractivity contribution in [1.29, 1.82) is 0 Å². The molecule has 0 atom stereocenters. The van der Waals surface area contributed by atoms with Crippen molar-refractivity contribution < 1.29 is 14.7 Å². The number of nitrogens with one attached hydrogen (secondary N) is 2. The molecule has 1 heterocycles. The van der Waals surface area contributed by atoms with Gasteiger partial charge in [0.15, 0.2) is 0 Å². The topological polar surface area (TPSA) is 91.3 Å². The van der Waals surface area contributed by atoms with Gasteiger partial charge in [0.2, 0.25) is 0 Å². The van der Waals surface area contributed by atoms with E-state index in [1.165, 1.54) is 18.3 Å². The Kier molecular flexibility index (Phi) is 5.89. The second-order valence-corrected chi connectivity index (χ2v) is 3.78. The van der Waals surface area contributed by atoms with Crippen molar-refractivity contribution in [2.75, 3.05) is 11.9 Å². The van der Waals surface area contributed by atoms with E-state index < -0.39 is 5.97 Å². The van der Waals surface area contributed by atoms with Crippen LogP contribution in [0.1, 0.15) is 29.8 Å². The molecule has 0 aliphatic heterocycles. The predicted octanol–water partition coefficient (Wildman–Crippen LogP) is 1.70. The highest BCUT2D eigenvalue weighted by Crippen LogP contribution is 2.05. The first-order valence-electron chi connectivity index (χ1n) is 5.81. The molecule has 100 valence electrons. The molecule has 0 bridgehead atoms. The number of rotatable bonds is 6. The van der Waals surface area contributed by atoms with E-state index in [4.69, 9.17) is 11.5 Å². The molecule has 6 heteroatoms. The van der Waals surface area contributed by atoms with Gasteiger partial charge in [0.1, 0.15) is 5.69 Å².